The summed E-state index contributed by atoms with van der Waals surface area (Å²) in [7, 11) is 0. The molecule has 3 aromatic rings. The first-order valence-electron chi connectivity index (χ1n) is 8.98. The van der Waals surface area contributed by atoms with Crippen LogP contribution in [0.2, 0.25) is 5.02 Å². The van der Waals surface area contributed by atoms with Gasteiger partial charge in [0.25, 0.3) is 5.91 Å². The Kier molecular flexibility index (Phi) is 5.98. The fourth-order valence-corrected chi connectivity index (χ4v) is 3.72. The summed E-state index contributed by atoms with van der Waals surface area (Å²) in [5.74, 6) is 0.589. The first kappa shape index (κ1) is 19.3. The van der Waals surface area contributed by atoms with Crippen LogP contribution in [0, 0.1) is 0 Å². The maximum atomic E-state index is 12.2. The van der Waals surface area contributed by atoms with E-state index in [0.29, 0.717) is 21.7 Å². The number of amides is 1. The van der Waals surface area contributed by atoms with Gasteiger partial charge < -0.3 is 10.1 Å². The number of halogens is 1. The van der Waals surface area contributed by atoms with E-state index in [4.69, 9.17) is 16.3 Å². The maximum absolute atomic E-state index is 12.2. The van der Waals surface area contributed by atoms with Gasteiger partial charge in [-0.15, -0.1) is 0 Å². The minimum Gasteiger partial charge on any atom is -0.489 e. The second kappa shape index (κ2) is 8.99. The summed E-state index contributed by atoms with van der Waals surface area (Å²) in [6.07, 6.45) is 1.84. The lowest BCUT2D eigenvalue weighted by molar-refractivity contribution is -0.115. The van der Waals surface area contributed by atoms with Crippen LogP contribution in [0.5, 0.6) is 5.75 Å². The molecule has 0 aliphatic carbocycles. The molecule has 1 fully saturated rings. The summed E-state index contributed by atoms with van der Waals surface area (Å²) >= 11 is 7.48. The van der Waals surface area contributed by atoms with Crippen LogP contribution in [0.4, 0.5) is 5.69 Å². The van der Waals surface area contributed by atoms with Crippen molar-refractivity contribution >= 4 is 46.2 Å². The summed E-state index contributed by atoms with van der Waals surface area (Å²) in [5, 5.41) is 4.06. The lowest BCUT2D eigenvalue weighted by Gasteiger charge is -2.08. The Balaban J connectivity index is 1.41. The molecule has 1 aliphatic heterocycles. The predicted molar refractivity (Wildman–Crippen MR) is 119 cm³/mol. The zero-order chi connectivity index (χ0) is 20.1. The standard InChI is InChI=1S/C23H17ClN2O2S/c24-20-9-5-4-6-17(20)15-28-19-12-10-16(11-13-19)14-21-22(27)26-23(29-21)25-18-7-2-1-3-8-18/h1-14H,15H2,(H,25,26,27)/b21-14-. The molecule has 3 aromatic carbocycles. The Morgan fingerprint density at radius 3 is 2.45 bits per heavy atom. The van der Waals surface area contributed by atoms with Crippen LogP contribution in [0.1, 0.15) is 11.1 Å². The molecule has 1 aliphatic rings. The maximum Gasteiger partial charge on any atom is 0.264 e. The van der Waals surface area contributed by atoms with Crippen molar-refractivity contribution in [2.24, 2.45) is 4.99 Å². The molecule has 1 amide bonds. The third kappa shape index (κ3) is 5.08. The molecule has 0 radical (unpaired) electrons. The number of amidine groups is 1. The summed E-state index contributed by atoms with van der Waals surface area (Å²) < 4.78 is 5.79. The number of nitrogens with one attached hydrogen (secondary N) is 1. The van der Waals surface area contributed by atoms with Crippen molar-refractivity contribution in [1.29, 1.82) is 0 Å². The van der Waals surface area contributed by atoms with Crippen LogP contribution < -0.4 is 10.1 Å². The summed E-state index contributed by atoms with van der Waals surface area (Å²) in [4.78, 5) is 17.3. The highest BCUT2D eigenvalue weighted by Gasteiger charge is 2.23. The van der Waals surface area contributed by atoms with Crippen molar-refractivity contribution < 1.29 is 9.53 Å². The Labute approximate surface area is 178 Å². The lowest BCUT2D eigenvalue weighted by atomic mass is 10.2. The molecule has 0 unspecified atom stereocenters. The van der Waals surface area contributed by atoms with Crippen LogP contribution in [0.3, 0.4) is 0 Å². The van der Waals surface area contributed by atoms with E-state index < -0.39 is 0 Å². The molecule has 1 heterocycles. The van der Waals surface area contributed by atoms with E-state index in [1.165, 1.54) is 11.8 Å². The minimum absolute atomic E-state index is 0.149. The van der Waals surface area contributed by atoms with Crippen molar-refractivity contribution in [3.63, 3.8) is 0 Å². The van der Waals surface area contributed by atoms with Crippen LogP contribution >= 0.6 is 23.4 Å². The number of benzene rings is 3. The third-order valence-electron chi connectivity index (χ3n) is 4.17. The molecule has 29 heavy (non-hydrogen) atoms. The largest absolute Gasteiger partial charge is 0.489 e. The zero-order valence-electron chi connectivity index (χ0n) is 15.3. The van der Waals surface area contributed by atoms with E-state index in [0.717, 1.165) is 22.6 Å². The monoisotopic (exact) mass is 420 g/mol. The van der Waals surface area contributed by atoms with E-state index in [1.807, 2.05) is 84.9 Å². The fraction of sp³-hybridized carbons (Fsp3) is 0.0435. The Morgan fingerprint density at radius 2 is 1.69 bits per heavy atom. The molecule has 0 spiro atoms. The highest BCUT2D eigenvalue weighted by atomic mass is 35.5. The normalized spacial score (nSPS) is 16.2. The molecule has 0 aromatic heterocycles. The number of hydrogen-bond donors (Lipinski definition) is 1. The Hall–Kier alpha value is -3.02. The van der Waals surface area contributed by atoms with Gasteiger partial charge in [0.1, 0.15) is 12.4 Å². The molecule has 144 valence electrons. The SMILES string of the molecule is O=C1NC(=Nc2ccccc2)S/C1=C\c1ccc(OCc2ccccc2Cl)cc1. The topological polar surface area (TPSA) is 50.7 Å². The number of ether oxygens (including phenoxy) is 1. The van der Waals surface area contributed by atoms with Gasteiger partial charge in [-0.1, -0.05) is 60.1 Å². The summed E-state index contributed by atoms with van der Waals surface area (Å²) in [6.45, 7) is 0.400. The van der Waals surface area contributed by atoms with Gasteiger partial charge in [-0.05, 0) is 53.7 Å². The molecular weight excluding hydrogens is 404 g/mol. The van der Waals surface area contributed by atoms with Gasteiger partial charge in [0, 0.05) is 10.6 Å². The number of para-hydroxylation sites is 1. The van der Waals surface area contributed by atoms with Gasteiger partial charge in [0.2, 0.25) is 0 Å². The lowest BCUT2D eigenvalue weighted by Crippen LogP contribution is -2.19. The molecule has 0 atom stereocenters. The van der Waals surface area contributed by atoms with Gasteiger partial charge in [-0.2, -0.15) is 0 Å². The van der Waals surface area contributed by atoms with Gasteiger partial charge in [0.15, 0.2) is 5.17 Å². The Bertz CT molecular complexity index is 1080. The smallest absolute Gasteiger partial charge is 0.264 e. The molecule has 6 heteroatoms. The third-order valence-corrected chi connectivity index (χ3v) is 5.45. The second-order valence-electron chi connectivity index (χ2n) is 6.27. The predicted octanol–water partition coefficient (Wildman–Crippen LogP) is 5.81. The van der Waals surface area contributed by atoms with Crippen LogP contribution in [0.15, 0.2) is 88.8 Å². The van der Waals surface area contributed by atoms with Gasteiger partial charge >= 0.3 is 0 Å². The van der Waals surface area contributed by atoms with Crippen molar-refractivity contribution in [2.75, 3.05) is 0 Å². The second-order valence-corrected chi connectivity index (χ2v) is 7.70. The highest BCUT2D eigenvalue weighted by Crippen LogP contribution is 2.28. The molecule has 1 saturated heterocycles. The van der Waals surface area contributed by atoms with Crippen molar-refractivity contribution in [3.05, 3.63) is 99.9 Å². The van der Waals surface area contributed by atoms with Crippen LogP contribution in [-0.2, 0) is 11.4 Å². The van der Waals surface area contributed by atoms with E-state index in [1.54, 1.807) is 0 Å². The zero-order valence-corrected chi connectivity index (χ0v) is 16.9. The number of aliphatic imine (C=N–C) groups is 1. The number of nitrogens with zero attached hydrogens (tertiary/aromatic N) is 1. The number of hydrogen-bond acceptors (Lipinski definition) is 4. The quantitative estimate of drug-likeness (QED) is 0.530. The van der Waals surface area contributed by atoms with E-state index in [-0.39, 0.29) is 5.91 Å². The fourth-order valence-electron chi connectivity index (χ4n) is 2.69. The number of thioether (sulfide) groups is 1. The van der Waals surface area contributed by atoms with Gasteiger partial charge in [-0.3, -0.25) is 4.79 Å². The number of carbonyl (C=O) groups is 1. The first-order valence-corrected chi connectivity index (χ1v) is 10.2. The van der Waals surface area contributed by atoms with Crippen molar-refractivity contribution in [2.45, 2.75) is 6.61 Å². The highest BCUT2D eigenvalue weighted by molar-refractivity contribution is 8.18. The Morgan fingerprint density at radius 1 is 0.966 bits per heavy atom. The van der Waals surface area contributed by atoms with E-state index in [9.17, 15) is 4.79 Å². The molecule has 4 nitrogen and oxygen atoms in total. The first-order chi connectivity index (χ1) is 14.2. The van der Waals surface area contributed by atoms with Gasteiger partial charge in [-0.25, -0.2) is 4.99 Å². The van der Waals surface area contributed by atoms with Crippen molar-refractivity contribution in [1.82, 2.24) is 5.32 Å². The summed E-state index contributed by atoms with van der Waals surface area (Å²) in [6, 6.07) is 24.7. The van der Waals surface area contributed by atoms with Crippen LogP contribution in [0.25, 0.3) is 6.08 Å². The van der Waals surface area contributed by atoms with E-state index in [2.05, 4.69) is 10.3 Å². The average molecular weight is 421 g/mol. The molecular formula is C23H17ClN2O2S. The summed E-state index contributed by atoms with van der Waals surface area (Å²) in [5.41, 5.74) is 2.65. The average Bonchev–Trinajstić information content (AvgIpc) is 3.08. The number of rotatable bonds is 5. The van der Waals surface area contributed by atoms with Crippen molar-refractivity contribution in [3.8, 4) is 5.75 Å². The molecule has 1 N–H and O–H groups in total. The molecule has 0 bridgehead atoms. The minimum atomic E-state index is -0.149. The number of carbonyl (C=O) groups excluding carboxylic acids is 1. The molecule has 0 saturated carbocycles. The van der Waals surface area contributed by atoms with Crippen LogP contribution in [-0.4, -0.2) is 11.1 Å². The molecule has 4 rings (SSSR count). The van der Waals surface area contributed by atoms with Gasteiger partial charge in [0.05, 0.1) is 10.6 Å². The van der Waals surface area contributed by atoms with E-state index >= 15 is 0 Å².